The zero-order valence-electron chi connectivity index (χ0n) is 12.0. The minimum absolute atomic E-state index is 0.250. The lowest BCUT2D eigenvalue weighted by Gasteiger charge is -2.19. The van der Waals surface area contributed by atoms with Crippen LogP contribution in [0.1, 0.15) is 26.7 Å². The fourth-order valence-corrected chi connectivity index (χ4v) is 2.67. The van der Waals surface area contributed by atoms with E-state index in [1.54, 1.807) is 12.1 Å². The van der Waals surface area contributed by atoms with Gasteiger partial charge in [-0.05, 0) is 31.0 Å². The predicted octanol–water partition coefficient (Wildman–Crippen LogP) is 2.12. The molecule has 5 nitrogen and oxygen atoms in total. The second kappa shape index (κ2) is 6.25. The number of anilines is 2. The Morgan fingerprint density at radius 1 is 1.26 bits per heavy atom. The third-order valence-electron chi connectivity index (χ3n) is 3.15. The minimum atomic E-state index is -3.43. The Balaban J connectivity index is 3.14. The highest BCUT2D eigenvalue weighted by molar-refractivity contribution is 7.89. The highest BCUT2D eigenvalue weighted by Gasteiger charge is 2.18. The molecule has 0 bridgehead atoms. The van der Waals surface area contributed by atoms with E-state index in [9.17, 15) is 8.42 Å². The van der Waals surface area contributed by atoms with Crippen LogP contribution in [-0.2, 0) is 10.0 Å². The van der Waals surface area contributed by atoms with Crippen molar-refractivity contribution >= 4 is 21.4 Å². The molecule has 1 aromatic carbocycles. The minimum Gasteiger partial charge on any atom is -0.397 e. The lowest BCUT2D eigenvalue weighted by atomic mass is 10.1. The molecule has 0 saturated carbocycles. The molecule has 0 amide bonds. The van der Waals surface area contributed by atoms with Gasteiger partial charge in [0.2, 0.25) is 10.0 Å². The van der Waals surface area contributed by atoms with Gasteiger partial charge in [-0.1, -0.05) is 13.8 Å². The largest absolute Gasteiger partial charge is 0.397 e. The average molecular weight is 285 g/mol. The van der Waals surface area contributed by atoms with Crippen LogP contribution >= 0.6 is 0 Å². The smallest absolute Gasteiger partial charge is 0.242 e. The van der Waals surface area contributed by atoms with Gasteiger partial charge in [0.1, 0.15) is 0 Å². The third-order valence-corrected chi connectivity index (χ3v) is 4.96. The van der Waals surface area contributed by atoms with E-state index in [-0.39, 0.29) is 4.90 Å². The first-order chi connectivity index (χ1) is 8.82. The molecule has 0 unspecified atom stereocenters. The molecule has 0 aliphatic heterocycles. The summed E-state index contributed by atoms with van der Waals surface area (Å²) in [4.78, 5) is 0.250. The lowest BCUT2D eigenvalue weighted by Crippen LogP contribution is -2.23. The Morgan fingerprint density at radius 3 is 2.32 bits per heavy atom. The molecule has 3 N–H and O–H groups in total. The number of hydrogen-bond acceptors (Lipinski definition) is 4. The van der Waals surface area contributed by atoms with Crippen LogP contribution in [0.2, 0.25) is 0 Å². The fourth-order valence-electron chi connectivity index (χ4n) is 1.74. The average Bonchev–Trinajstić information content (AvgIpc) is 2.37. The van der Waals surface area contributed by atoms with Crippen LogP contribution in [-0.4, -0.2) is 32.9 Å². The van der Waals surface area contributed by atoms with Crippen molar-refractivity contribution in [3.63, 3.8) is 0 Å². The molecule has 6 heteroatoms. The van der Waals surface area contributed by atoms with Gasteiger partial charge in [0.15, 0.2) is 0 Å². The molecule has 0 aliphatic rings. The fraction of sp³-hybridized carbons (Fsp3) is 0.538. The van der Waals surface area contributed by atoms with Crippen molar-refractivity contribution in [2.75, 3.05) is 25.1 Å². The van der Waals surface area contributed by atoms with Crippen LogP contribution in [0.15, 0.2) is 23.1 Å². The molecule has 0 radical (unpaired) electrons. The van der Waals surface area contributed by atoms with Gasteiger partial charge in [-0.25, -0.2) is 12.7 Å². The van der Waals surface area contributed by atoms with Crippen molar-refractivity contribution in [1.82, 2.24) is 4.31 Å². The van der Waals surface area contributed by atoms with Crippen LogP contribution in [0.3, 0.4) is 0 Å². The molecule has 108 valence electrons. The first-order valence-electron chi connectivity index (χ1n) is 6.41. The summed E-state index contributed by atoms with van der Waals surface area (Å²) in [6, 6.07) is 5.05. The number of nitrogens with zero attached hydrogens (tertiary/aromatic N) is 1. The normalized spacial score (nSPS) is 12.1. The van der Waals surface area contributed by atoms with Crippen molar-refractivity contribution in [3.8, 4) is 0 Å². The molecular weight excluding hydrogens is 262 g/mol. The maximum atomic E-state index is 12.1. The van der Waals surface area contributed by atoms with E-state index in [0.29, 0.717) is 17.4 Å². The molecule has 0 fully saturated rings. The second-order valence-electron chi connectivity index (χ2n) is 4.69. The topological polar surface area (TPSA) is 75.4 Å². The van der Waals surface area contributed by atoms with Crippen molar-refractivity contribution in [1.29, 1.82) is 0 Å². The summed E-state index contributed by atoms with van der Waals surface area (Å²) in [6.07, 6.45) is 1.92. The SMILES string of the molecule is CCC(CC)Nc1cc(S(=O)(=O)N(C)C)ccc1N. The Bertz CT molecular complexity index is 523. The van der Waals surface area contributed by atoms with E-state index < -0.39 is 10.0 Å². The van der Waals surface area contributed by atoms with E-state index in [4.69, 9.17) is 5.73 Å². The van der Waals surface area contributed by atoms with Gasteiger partial charge in [0.05, 0.1) is 16.3 Å². The van der Waals surface area contributed by atoms with Gasteiger partial charge in [-0.15, -0.1) is 0 Å². The van der Waals surface area contributed by atoms with Crippen LogP contribution in [0.4, 0.5) is 11.4 Å². The summed E-state index contributed by atoms with van der Waals surface area (Å²) >= 11 is 0. The number of nitrogens with one attached hydrogen (secondary N) is 1. The molecular formula is C13H23N3O2S. The summed E-state index contributed by atoms with van der Waals surface area (Å²) in [5, 5.41) is 3.29. The van der Waals surface area contributed by atoms with Crippen molar-refractivity contribution in [2.24, 2.45) is 0 Å². The van der Waals surface area contributed by atoms with Crippen LogP contribution in [0.5, 0.6) is 0 Å². The van der Waals surface area contributed by atoms with E-state index in [1.165, 1.54) is 24.5 Å². The van der Waals surface area contributed by atoms with Crippen molar-refractivity contribution < 1.29 is 8.42 Å². The van der Waals surface area contributed by atoms with Crippen LogP contribution < -0.4 is 11.1 Å². The van der Waals surface area contributed by atoms with Gasteiger partial charge in [-0.2, -0.15) is 0 Å². The Kier molecular flexibility index (Phi) is 5.20. The van der Waals surface area contributed by atoms with E-state index in [1.807, 2.05) is 0 Å². The number of benzene rings is 1. The molecule has 0 atom stereocenters. The van der Waals surface area contributed by atoms with Gasteiger partial charge < -0.3 is 11.1 Å². The lowest BCUT2D eigenvalue weighted by molar-refractivity contribution is 0.521. The van der Waals surface area contributed by atoms with Gasteiger partial charge in [-0.3, -0.25) is 0 Å². The van der Waals surface area contributed by atoms with E-state index in [0.717, 1.165) is 12.8 Å². The summed E-state index contributed by atoms with van der Waals surface area (Å²) in [7, 11) is -0.400. The highest BCUT2D eigenvalue weighted by atomic mass is 32.2. The van der Waals surface area contributed by atoms with Crippen LogP contribution in [0.25, 0.3) is 0 Å². The van der Waals surface area contributed by atoms with Gasteiger partial charge in [0.25, 0.3) is 0 Å². The molecule has 0 saturated heterocycles. The third kappa shape index (κ3) is 3.61. The Hall–Kier alpha value is -1.27. The Labute approximate surface area is 115 Å². The Morgan fingerprint density at radius 2 is 1.84 bits per heavy atom. The number of nitrogen functional groups attached to an aromatic ring is 1. The number of rotatable bonds is 6. The zero-order valence-corrected chi connectivity index (χ0v) is 12.8. The van der Waals surface area contributed by atoms with E-state index >= 15 is 0 Å². The molecule has 0 spiro atoms. The van der Waals surface area contributed by atoms with Crippen molar-refractivity contribution in [2.45, 2.75) is 37.6 Å². The maximum absolute atomic E-state index is 12.1. The first kappa shape index (κ1) is 15.8. The standard InChI is InChI=1S/C13H23N3O2S/c1-5-10(6-2)15-13-9-11(7-8-12(13)14)19(17,18)16(3)4/h7-10,15H,5-6,14H2,1-4H3. The quantitative estimate of drug-likeness (QED) is 0.785. The number of nitrogens with two attached hydrogens (primary N) is 1. The van der Waals surface area contributed by atoms with Crippen molar-refractivity contribution in [3.05, 3.63) is 18.2 Å². The molecule has 0 heterocycles. The summed E-state index contributed by atoms with van der Waals surface area (Å²) in [5.74, 6) is 0. The number of hydrogen-bond donors (Lipinski definition) is 2. The summed E-state index contributed by atoms with van der Waals surface area (Å²) in [5.41, 5.74) is 7.13. The summed E-state index contributed by atoms with van der Waals surface area (Å²) in [6.45, 7) is 4.16. The molecule has 1 aromatic rings. The van der Waals surface area contributed by atoms with E-state index in [2.05, 4.69) is 19.2 Å². The second-order valence-corrected chi connectivity index (χ2v) is 6.85. The monoisotopic (exact) mass is 285 g/mol. The first-order valence-corrected chi connectivity index (χ1v) is 7.85. The molecule has 0 aliphatic carbocycles. The number of sulfonamides is 1. The summed E-state index contributed by atoms with van der Waals surface area (Å²) < 4.78 is 25.3. The molecule has 0 aromatic heterocycles. The van der Waals surface area contributed by atoms with Gasteiger partial charge >= 0.3 is 0 Å². The van der Waals surface area contributed by atoms with Crippen LogP contribution in [0, 0.1) is 0 Å². The highest BCUT2D eigenvalue weighted by Crippen LogP contribution is 2.25. The zero-order chi connectivity index (χ0) is 14.6. The van der Waals surface area contributed by atoms with Gasteiger partial charge in [0, 0.05) is 20.1 Å². The molecule has 19 heavy (non-hydrogen) atoms. The predicted molar refractivity (Wildman–Crippen MR) is 79.7 cm³/mol. The molecule has 1 rings (SSSR count). The maximum Gasteiger partial charge on any atom is 0.242 e.